The number of aliphatic imine (C=N–C) groups is 1. The van der Waals surface area contributed by atoms with Crippen molar-refractivity contribution in [1.82, 2.24) is 4.90 Å². The summed E-state index contributed by atoms with van der Waals surface area (Å²) in [5.74, 6) is -1.54. The van der Waals surface area contributed by atoms with Crippen LogP contribution in [-0.2, 0) is 24.2 Å². The van der Waals surface area contributed by atoms with Crippen LogP contribution in [0.4, 0.5) is 0 Å². The van der Waals surface area contributed by atoms with Crippen molar-refractivity contribution in [2.24, 2.45) is 4.99 Å². The van der Waals surface area contributed by atoms with Gasteiger partial charge in [0.2, 0.25) is 0 Å². The Labute approximate surface area is 126 Å². The van der Waals surface area contributed by atoms with Crippen LogP contribution in [0.15, 0.2) is 4.99 Å². The number of sulfone groups is 1. The van der Waals surface area contributed by atoms with Gasteiger partial charge in [0.05, 0.1) is 17.5 Å². The van der Waals surface area contributed by atoms with E-state index < -0.39 is 34.9 Å². The molecule has 0 unspecified atom stereocenters. The molecule has 0 spiro atoms. The van der Waals surface area contributed by atoms with Crippen LogP contribution in [0.3, 0.4) is 0 Å². The van der Waals surface area contributed by atoms with Gasteiger partial charge < -0.3 is 14.7 Å². The normalized spacial score (nSPS) is 28.8. The van der Waals surface area contributed by atoms with Crippen LogP contribution in [0.5, 0.6) is 0 Å². The highest BCUT2D eigenvalue weighted by atomic mass is 32.2. The van der Waals surface area contributed by atoms with Gasteiger partial charge in [-0.25, -0.2) is 13.2 Å². The first-order valence-electron chi connectivity index (χ1n) is 6.37. The zero-order valence-corrected chi connectivity index (χ0v) is 13.0. The van der Waals surface area contributed by atoms with Gasteiger partial charge in [0.25, 0.3) is 5.91 Å². The minimum Gasteiger partial charge on any atom is -0.480 e. The smallest absolute Gasteiger partial charge is 0.329 e. The van der Waals surface area contributed by atoms with Gasteiger partial charge in [0, 0.05) is 11.8 Å². The summed E-state index contributed by atoms with van der Waals surface area (Å²) in [6.45, 7) is 1.48. The number of hydrogen-bond donors (Lipinski definition) is 1. The zero-order chi connectivity index (χ0) is 15.6. The molecule has 2 aliphatic heterocycles. The Morgan fingerprint density at radius 1 is 1.43 bits per heavy atom. The fourth-order valence-electron chi connectivity index (χ4n) is 2.37. The number of carbonyl (C=O) groups excluding carboxylic acids is 1. The Morgan fingerprint density at radius 3 is 2.76 bits per heavy atom. The lowest BCUT2D eigenvalue weighted by molar-refractivity contribution is -0.143. The topological polar surface area (TPSA) is 113 Å². The van der Waals surface area contributed by atoms with Crippen molar-refractivity contribution in [2.75, 3.05) is 31.3 Å². The van der Waals surface area contributed by atoms with Crippen molar-refractivity contribution in [1.29, 1.82) is 0 Å². The van der Waals surface area contributed by atoms with E-state index in [0.717, 1.165) is 0 Å². The molecule has 2 atom stereocenters. The van der Waals surface area contributed by atoms with Crippen molar-refractivity contribution >= 4 is 38.6 Å². The summed E-state index contributed by atoms with van der Waals surface area (Å²) >= 11 is 1.29. The Balaban J connectivity index is 1.99. The number of amides is 1. The van der Waals surface area contributed by atoms with Gasteiger partial charge in [-0.15, -0.1) is 0 Å². The number of hydrogen-bond acceptors (Lipinski definition) is 6. The molecule has 2 heterocycles. The molecule has 10 heteroatoms. The van der Waals surface area contributed by atoms with Gasteiger partial charge in [-0.05, 0) is 6.92 Å². The monoisotopic (exact) mass is 336 g/mol. The predicted molar refractivity (Wildman–Crippen MR) is 77.1 cm³/mol. The van der Waals surface area contributed by atoms with Crippen molar-refractivity contribution in [2.45, 2.75) is 18.2 Å². The number of carboxylic acids is 1. The van der Waals surface area contributed by atoms with Crippen molar-refractivity contribution in [3.05, 3.63) is 0 Å². The summed E-state index contributed by atoms with van der Waals surface area (Å²) in [6, 6.07) is -0.142. The zero-order valence-electron chi connectivity index (χ0n) is 11.4. The van der Waals surface area contributed by atoms with Gasteiger partial charge >= 0.3 is 5.97 Å². The maximum absolute atomic E-state index is 11.6. The summed E-state index contributed by atoms with van der Waals surface area (Å²) in [7, 11) is -3.02. The van der Waals surface area contributed by atoms with Gasteiger partial charge in [-0.1, -0.05) is 11.8 Å². The lowest BCUT2D eigenvalue weighted by Gasteiger charge is -2.22. The lowest BCUT2D eigenvalue weighted by Crippen LogP contribution is -2.37. The van der Waals surface area contributed by atoms with E-state index >= 15 is 0 Å². The molecule has 2 rings (SSSR count). The molecule has 0 bridgehead atoms. The summed E-state index contributed by atoms with van der Waals surface area (Å²) in [5.41, 5.74) is 0. The SMILES string of the molecule is CCN1C(=NC(=O)COCC(=O)O)S[C@@H]2CS(=O)(=O)C[C@@H]21. The third-order valence-corrected chi connectivity index (χ3v) is 6.43. The first kappa shape index (κ1) is 16.2. The summed E-state index contributed by atoms with van der Waals surface area (Å²) in [4.78, 5) is 27.6. The second-order valence-electron chi connectivity index (χ2n) is 4.76. The fourth-order valence-corrected chi connectivity index (χ4v) is 6.40. The number of aliphatic carboxylic acids is 1. The number of fused-ring (bicyclic) bond motifs is 1. The van der Waals surface area contributed by atoms with Gasteiger partial charge in [-0.3, -0.25) is 4.79 Å². The predicted octanol–water partition coefficient (Wildman–Crippen LogP) is -0.795. The molecule has 21 heavy (non-hydrogen) atoms. The number of ether oxygens (including phenoxy) is 1. The third-order valence-electron chi connectivity index (χ3n) is 3.19. The third kappa shape index (κ3) is 3.95. The molecule has 1 amide bonds. The number of rotatable bonds is 5. The molecule has 8 nitrogen and oxygen atoms in total. The highest BCUT2D eigenvalue weighted by molar-refractivity contribution is 8.15. The Hall–Kier alpha value is -1.13. The molecular weight excluding hydrogens is 320 g/mol. The van der Waals surface area contributed by atoms with Crippen LogP contribution >= 0.6 is 11.8 Å². The second kappa shape index (κ2) is 6.32. The van der Waals surface area contributed by atoms with Gasteiger partial charge in [0.15, 0.2) is 15.0 Å². The number of carbonyl (C=O) groups is 2. The molecule has 0 aromatic heterocycles. The minimum atomic E-state index is -3.02. The number of nitrogens with zero attached hydrogens (tertiary/aromatic N) is 2. The van der Waals surface area contributed by atoms with E-state index in [1.807, 2.05) is 11.8 Å². The molecular formula is C11H16N2O6S2. The molecule has 0 saturated carbocycles. The molecule has 0 radical (unpaired) electrons. The van der Waals surface area contributed by atoms with Crippen LogP contribution in [0.25, 0.3) is 0 Å². The van der Waals surface area contributed by atoms with Gasteiger partial charge in [-0.2, -0.15) is 4.99 Å². The average molecular weight is 336 g/mol. The quantitative estimate of drug-likeness (QED) is 0.694. The van der Waals surface area contributed by atoms with Crippen LogP contribution in [0, 0.1) is 0 Å². The van der Waals surface area contributed by atoms with Crippen LogP contribution in [0.1, 0.15) is 6.92 Å². The van der Waals surface area contributed by atoms with Crippen molar-refractivity contribution in [3.8, 4) is 0 Å². The Bertz CT molecular complexity index is 573. The highest BCUT2D eigenvalue weighted by Gasteiger charge is 2.48. The second-order valence-corrected chi connectivity index (χ2v) is 8.12. The molecule has 1 N–H and O–H groups in total. The lowest BCUT2D eigenvalue weighted by atomic mass is 10.2. The number of carboxylic acid groups (broad SMARTS) is 1. The fraction of sp³-hybridized carbons (Fsp3) is 0.727. The van der Waals surface area contributed by atoms with E-state index in [1.165, 1.54) is 11.8 Å². The molecule has 2 saturated heterocycles. The maximum atomic E-state index is 11.6. The standard InChI is InChI=1S/C11H16N2O6S2/c1-2-13-7-5-21(17,18)6-8(7)20-11(13)12-9(14)3-19-4-10(15)16/h7-8H,2-6H2,1H3,(H,15,16)/t7-,8+/m0/s1. The maximum Gasteiger partial charge on any atom is 0.329 e. The van der Waals surface area contributed by atoms with Crippen LogP contribution < -0.4 is 0 Å². The molecule has 0 aliphatic carbocycles. The summed E-state index contributed by atoms with van der Waals surface area (Å²) in [5, 5.41) is 8.80. The average Bonchev–Trinajstić information content (AvgIpc) is 2.79. The Morgan fingerprint density at radius 2 is 2.14 bits per heavy atom. The van der Waals surface area contributed by atoms with Gasteiger partial charge in [0.1, 0.15) is 13.2 Å². The number of amidine groups is 1. The van der Waals surface area contributed by atoms with Crippen LogP contribution in [-0.4, -0.2) is 78.0 Å². The van der Waals surface area contributed by atoms with E-state index in [2.05, 4.69) is 9.73 Å². The molecule has 2 fully saturated rings. The first-order valence-corrected chi connectivity index (χ1v) is 9.07. The molecule has 0 aromatic rings. The summed E-state index contributed by atoms with van der Waals surface area (Å²) < 4.78 is 27.9. The number of thioether (sulfide) groups is 1. The molecule has 118 valence electrons. The van der Waals surface area contributed by atoms with Crippen molar-refractivity contribution < 1.29 is 27.9 Å². The largest absolute Gasteiger partial charge is 0.480 e. The van der Waals surface area contributed by atoms with E-state index in [1.54, 1.807) is 0 Å². The first-order chi connectivity index (χ1) is 9.82. The van der Waals surface area contributed by atoms with E-state index in [0.29, 0.717) is 11.7 Å². The van der Waals surface area contributed by atoms with E-state index in [9.17, 15) is 18.0 Å². The minimum absolute atomic E-state index is 0.0846. The summed E-state index contributed by atoms with van der Waals surface area (Å²) in [6.07, 6.45) is 0. The molecule has 0 aromatic carbocycles. The van der Waals surface area contributed by atoms with Crippen molar-refractivity contribution in [3.63, 3.8) is 0 Å². The van der Waals surface area contributed by atoms with E-state index in [4.69, 9.17) is 5.11 Å². The Kier molecular flexibility index (Phi) is 4.89. The van der Waals surface area contributed by atoms with E-state index in [-0.39, 0.29) is 22.8 Å². The molecule has 2 aliphatic rings. The van der Waals surface area contributed by atoms with Crippen LogP contribution in [0.2, 0.25) is 0 Å². The highest BCUT2D eigenvalue weighted by Crippen LogP contribution is 2.37.